The van der Waals surface area contributed by atoms with Crippen LogP contribution in [0, 0.1) is 5.41 Å². The Kier molecular flexibility index (Phi) is 2.17. The Morgan fingerprint density at radius 3 is 2.25 bits per heavy atom. The molecule has 0 saturated heterocycles. The van der Waals surface area contributed by atoms with Gasteiger partial charge in [0.1, 0.15) is 0 Å². The van der Waals surface area contributed by atoms with Crippen LogP contribution in [0.2, 0.25) is 0 Å². The van der Waals surface area contributed by atoms with Crippen LogP contribution in [0.15, 0.2) is 0 Å². The van der Waals surface area contributed by atoms with Crippen LogP contribution in [0.4, 0.5) is 0 Å². The molecule has 1 rings (SSSR count). The van der Waals surface area contributed by atoms with E-state index in [0.717, 1.165) is 12.8 Å². The van der Waals surface area contributed by atoms with Crippen LogP contribution >= 0.6 is 0 Å². The highest BCUT2D eigenvalue weighted by atomic mass is 16.4. The molecule has 3 heteroatoms. The molecule has 0 atom stereocenters. The third kappa shape index (κ3) is 2.21. The summed E-state index contributed by atoms with van der Waals surface area (Å²) in [6.45, 7) is 3.43. The summed E-state index contributed by atoms with van der Waals surface area (Å²) in [4.78, 5) is 10.7. The van der Waals surface area contributed by atoms with Gasteiger partial charge >= 0.3 is 5.97 Å². The maximum absolute atomic E-state index is 10.7. The van der Waals surface area contributed by atoms with Crippen molar-refractivity contribution in [1.82, 2.24) is 0 Å². The van der Waals surface area contributed by atoms with E-state index < -0.39 is 17.0 Å². The Balaban J connectivity index is 2.37. The second-order valence-corrected chi connectivity index (χ2v) is 4.40. The maximum Gasteiger partial charge on any atom is 0.309 e. The first kappa shape index (κ1) is 9.52. The van der Waals surface area contributed by atoms with Crippen molar-refractivity contribution < 1.29 is 15.0 Å². The minimum Gasteiger partial charge on any atom is -0.481 e. The van der Waals surface area contributed by atoms with Gasteiger partial charge in [0, 0.05) is 0 Å². The Morgan fingerprint density at radius 1 is 1.50 bits per heavy atom. The van der Waals surface area contributed by atoms with E-state index in [1.165, 1.54) is 0 Å². The Hall–Kier alpha value is -0.570. The number of carboxylic acid groups (broad SMARTS) is 1. The molecule has 12 heavy (non-hydrogen) atoms. The topological polar surface area (TPSA) is 57.5 Å². The minimum atomic E-state index is -0.731. The lowest BCUT2D eigenvalue weighted by molar-refractivity contribution is -0.144. The molecule has 0 heterocycles. The fourth-order valence-corrected chi connectivity index (χ4v) is 1.27. The van der Waals surface area contributed by atoms with E-state index in [1.807, 2.05) is 0 Å². The minimum absolute atomic E-state index is 0.486. The third-order valence-electron chi connectivity index (χ3n) is 2.52. The lowest BCUT2D eigenvalue weighted by Crippen LogP contribution is -2.23. The molecule has 3 nitrogen and oxygen atoms in total. The smallest absolute Gasteiger partial charge is 0.309 e. The van der Waals surface area contributed by atoms with Crippen molar-refractivity contribution in [3.05, 3.63) is 0 Å². The molecular weight excluding hydrogens is 156 g/mol. The van der Waals surface area contributed by atoms with E-state index in [1.54, 1.807) is 13.8 Å². The number of aliphatic hydroxyl groups is 1. The normalized spacial score (nSPS) is 20.6. The number of hydrogen-bond acceptors (Lipinski definition) is 2. The second-order valence-electron chi connectivity index (χ2n) is 4.40. The van der Waals surface area contributed by atoms with Gasteiger partial charge in [0.05, 0.1) is 11.0 Å². The van der Waals surface area contributed by atoms with Crippen molar-refractivity contribution in [3.63, 3.8) is 0 Å². The Morgan fingerprint density at radius 2 is 2.00 bits per heavy atom. The van der Waals surface area contributed by atoms with Crippen molar-refractivity contribution in [2.75, 3.05) is 0 Å². The Labute approximate surface area is 72.4 Å². The van der Waals surface area contributed by atoms with Crippen molar-refractivity contribution in [1.29, 1.82) is 0 Å². The van der Waals surface area contributed by atoms with Gasteiger partial charge in [-0.25, -0.2) is 0 Å². The van der Waals surface area contributed by atoms with E-state index in [-0.39, 0.29) is 0 Å². The molecule has 0 spiro atoms. The molecule has 0 radical (unpaired) electrons. The molecule has 0 aliphatic heterocycles. The van der Waals surface area contributed by atoms with Gasteiger partial charge in [-0.2, -0.15) is 0 Å². The first-order valence-electron chi connectivity index (χ1n) is 4.32. The van der Waals surface area contributed by atoms with E-state index in [0.29, 0.717) is 12.8 Å². The summed E-state index contributed by atoms with van der Waals surface area (Å²) < 4.78 is 0. The second kappa shape index (κ2) is 2.73. The zero-order valence-electron chi connectivity index (χ0n) is 7.63. The number of aliphatic carboxylic acids is 1. The van der Waals surface area contributed by atoms with E-state index in [2.05, 4.69) is 0 Å². The van der Waals surface area contributed by atoms with Crippen LogP contribution < -0.4 is 0 Å². The van der Waals surface area contributed by atoms with Gasteiger partial charge in [0.25, 0.3) is 0 Å². The van der Waals surface area contributed by atoms with Gasteiger partial charge in [-0.3, -0.25) is 4.79 Å². The van der Waals surface area contributed by atoms with Crippen molar-refractivity contribution >= 4 is 5.97 Å². The molecule has 0 bridgehead atoms. The zero-order valence-corrected chi connectivity index (χ0v) is 7.63. The third-order valence-corrected chi connectivity index (χ3v) is 2.52. The molecule has 2 N–H and O–H groups in total. The molecule has 70 valence electrons. The molecule has 0 aromatic rings. The molecule has 1 fully saturated rings. The van der Waals surface area contributed by atoms with Crippen LogP contribution in [-0.4, -0.2) is 21.8 Å². The predicted molar refractivity (Wildman–Crippen MR) is 44.8 cm³/mol. The summed E-state index contributed by atoms with van der Waals surface area (Å²) in [5, 5.41) is 18.2. The predicted octanol–water partition coefficient (Wildman–Crippen LogP) is 1.40. The summed E-state index contributed by atoms with van der Waals surface area (Å²) in [5.74, 6) is -0.702. The summed E-state index contributed by atoms with van der Waals surface area (Å²) in [5.41, 5.74) is -1.22. The molecule has 0 aromatic carbocycles. The molecular formula is C9H16O3. The highest BCUT2D eigenvalue weighted by Gasteiger charge is 2.50. The number of carbonyl (C=O) groups is 1. The van der Waals surface area contributed by atoms with Gasteiger partial charge in [-0.15, -0.1) is 0 Å². The van der Waals surface area contributed by atoms with Gasteiger partial charge < -0.3 is 10.2 Å². The molecule has 0 aromatic heterocycles. The van der Waals surface area contributed by atoms with Crippen molar-refractivity contribution in [2.45, 2.75) is 45.1 Å². The zero-order chi connectivity index (χ0) is 9.41. The molecule has 1 aliphatic rings. The summed E-state index contributed by atoms with van der Waals surface area (Å²) in [6, 6.07) is 0. The van der Waals surface area contributed by atoms with E-state index in [4.69, 9.17) is 5.11 Å². The molecule has 0 amide bonds. The standard InChI is InChI=1S/C9H16O3/c1-8(2,12)3-4-9(5-6-9)7(10)11/h12H,3-6H2,1-2H3,(H,10,11). The van der Waals surface area contributed by atoms with E-state index in [9.17, 15) is 9.90 Å². The van der Waals surface area contributed by atoms with Crippen molar-refractivity contribution in [2.24, 2.45) is 5.41 Å². The quantitative estimate of drug-likeness (QED) is 0.674. The average Bonchev–Trinajstić information content (AvgIpc) is 2.61. The largest absolute Gasteiger partial charge is 0.481 e. The summed E-state index contributed by atoms with van der Waals surface area (Å²) in [6.07, 6.45) is 2.72. The summed E-state index contributed by atoms with van der Waals surface area (Å²) >= 11 is 0. The lowest BCUT2D eigenvalue weighted by Gasteiger charge is -2.19. The highest BCUT2D eigenvalue weighted by molar-refractivity contribution is 5.77. The molecule has 1 saturated carbocycles. The lowest BCUT2D eigenvalue weighted by atomic mass is 9.93. The number of hydrogen-bond donors (Lipinski definition) is 2. The van der Waals surface area contributed by atoms with E-state index >= 15 is 0 Å². The molecule has 1 aliphatic carbocycles. The van der Waals surface area contributed by atoms with Crippen LogP contribution in [0.25, 0.3) is 0 Å². The van der Waals surface area contributed by atoms with Gasteiger partial charge in [-0.05, 0) is 39.5 Å². The monoisotopic (exact) mass is 172 g/mol. The van der Waals surface area contributed by atoms with Gasteiger partial charge in [-0.1, -0.05) is 0 Å². The highest BCUT2D eigenvalue weighted by Crippen LogP contribution is 2.50. The van der Waals surface area contributed by atoms with Gasteiger partial charge in [0.15, 0.2) is 0 Å². The van der Waals surface area contributed by atoms with Crippen LogP contribution in [0.5, 0.6) is 0 Å². The number of carboxylic acids is 1. The van der Waals surface area contributed by atoms with Crippen LogP contribution in [-0.2, 0) is 4.79 Å². The van der Waals surface area contributed by atoms with Crippen LogP contribution in [0.1, 0.15) is 39.5 Å². The first-order valence-corrected chi connectivity index (χ1v) is 4.32. The van der Waals surface area contributed by atoms with Crippen LogP contribution in [0.3, 0.4) is 0 Å². The average molecular weight is 172 g/mol. The molecule has 0 unspecified atom stereocenters. The summed E-state index contributed by atoms with van der Waals surface area (Å²) in [7, 11) is 0. The maximum atomic E-state index is 10.7. The SMILES string of the molecule is CC(C)(O)CCC1(C(=O)O)CC1. The van der Waals surface area contributed by atoms with Gasteiger partial charge in [0.2, 0.25) is 0 Å². The Bertz CT molecular complexity index is 186. The fraction of sp³-hybridized carbons (Fsp3) is 0.889. The fourth-order valence-electron chi connectivity index (χ4n) is 1.27. The van der Waals surface area contributed by atoms with Crippen molar-refractivity contribution in [3.8, 4) is 0 Å². The first-order chi connectivity index (χ1) is 5.36. The number of rotatable bonds is 4.